The van der Waals surface area contributed by atoms with E-state index in [2.05, 4.69) is 20.5 Å². The van der Waals surface area contributed by atoms with Gasteiger partial charge in [-0.25, -0.2) is 9.97 Å². The number of nitrogens with zero attached hydrogens (tertiary/aromatic N) is 3. The molecule has 0 amide bonds. The third-order valence-corrected chi connectivity index (χ3v) is 5.85. The Morgan fingerprint density at radius 2 is 1.94 bits per heavy atom. The molecule has 9 heteroatoms. The second-order valence-electron chi connectivity index (χ2n) is 6.59. The van der Waals surface area contributed by atoms with E-state index in [1.165, 1.54) is 24.8 Å². The summed E-state index contributed by atoms with van der Waals surface area (Å²) in [5, 5.41) is 14.2. The number of benzene rings is 2. The third-order valence-electron chi connectivity index (χ3n) is 4.65. The molecule has 0 aliphatic heterocycles. The Labute approximate surface area is 189 Å². The molecule has 0 unspecified atom stereocenters. The molecule has 4 aromatic rings. The summed E-state index contributed by atoms with van der Waals surface area (Å²) in [4.78, 5) is 9.67. The Morgan fingerprint density at radius 3 is 2.69 bits per heavy atom. The van der Waals surface area contributed by atoms with Crippen molar-refractivity contribution in [3.63, 3.8) is 0 Å². The highest BCUT2D eigenvalue weighted by Gasteiger charge is 2.21. The number of hydrazone groups is 1. The van der Waals surface area contributed by atoms with Gasteiger partial charge in [0.25, 0.3) is 0 Å². The van der Waals surface area contributed by atoms with Crippen molar-refractivity contribution in [1.82, 2.24) is 9.97 Å². The number of phenolic OH excluding ortho intramolecular Hbond substituents is 1. The van der Waals surface area contributed by atoms with Crippen LogP contribution in [0, 0.1) is 0 Å². The van der Waals surface area contributed by atoms with Gasteiger partial charge in [0.15, 0.2) is 23.1 Å². The van der Waals surface area contributed by atoms with Gasteiger partial charge in [0.1, 0.15) is 22.3 Å². The predicted molar refractivity (Wildman–Crippen MR) is 126 cm³/mol. The molecule has 0 radical (unpaired) electrons. The lowest BCUT2D eigenvalue weighted by atomic mass is 10.1. The number of rotatable bonds is 8. The van der Waals surface area contributed by atoms with Crippen LogP contribution < -0.4 is 19.6 Å². The zero-order chi connectivity index (χ0) is 22.5. The number of fused-ring (bicyclic) bond motifs is 1. The smallest absolute Gasteiger partial charge is 0.167 e. The van der Waals surface area contributed by atoms with Gasteiger partial charge in [-0.3, -0.25) is 5.43 Å². The Kier molecular flexibility index (Phi) is 6.37. The molecule has 2 aromatic heterocycles. The second kappa shape index (κ2) is 9.52. The largest absolute Gasteiger partial charge is 0.504 e. The first-order valence-corrected chi connectivity index (χ1v) is 10.7. The number of hydrogen-bond acceptors (Lipinski definition) is 9. The Hall–Kier alpha value is -3.85. The van der Waals surface area contributed by atoms with Gasteiger partial charge < -0.3 is 19.3 Å². The number of anilines is 1. The van der Waals surface area contributed by atoms with Crippen molar-refractivity contribution in [3.8, 4) is 33.4 Å². The molecule has 0 bridgehead atoms. The molecule has 164 valence electrons. The van der Waals surface area contributed by atoms with Crippen LogP contribution in [-0.4, -0.2) is 42.1 Å². The lowest BCUT2D eigenvalue weighted by Gasteiger charge is -2.09. The van der Waals surface area contributed by atoms with Crippen molar-refractivity contribution in [2.45, 2.75) is 6.92 Å². The molecule has 0 aliphatic rings. The van der Waals surface area contributed by atoms with Gasteiger partial charge in [0, 0.05) is 5.56 Å². The molecule has 4 rings (SSSR count). The van der Waals surface area contributed by atoms with Crippen LogP contribution >= 0.6 is 11.3 Å². The number of phenols is 1. The molecular formula is C23H22N4O4S. The lowest BCUT2D eigenvalue weighted by Crippen LogP contribution is -1.95. The van der Waals surface area contributed by atoms with E-state index < -0.39 is 0 Å². The van der Waals surface area contributed by atoms with Crippen molar-refractivity contribution >= 4 is 33.6 Å². The number of thiophene rings is 1. The normalized spacial score (nSPS) is 11.1. The van der Waals surface area contributed by atoms with Crippen LogP contribution in [0.1, 0.15) is 12.5 Å². The van der Waals surface area contributed by atoms with Crippen LogP contribution in [0.25, 0.3) is 20.7 Å². The molecule has 0 atom stereocenters. The van der Waals surface area contributed by atoms with Gasteiger partial charge in [-0.15, -0.1) is 11.3 Å². The third kappa shape index (κ3) is 4.15. The van der Waals surface area contributed by atoms with Crippen molar-refractivity contribution in [2.75, 3.05) is 26.3 Å². The maximum Gasteiger partial charge on any atom is 0.167 e. The van der Waals surface area contributed by atoms with E-state index in [9.17, 15) is 5.11 Å². The second-order valence-corrected chi connectivity index (χ2v) is 7.62. The summed E-state index contributed by atoms with van der Waals surface area (Å²) in [5.74, 6) is 2.43. The van der Waals surface area contributed by atoms with Crippen LogP contribution in [0.4, 0.5) is 5.82 Å². The first-order valence-electron chi connectivity index (χ1n) is 9.86. The molecule has 2 aromatic carbocycles. The van der Waals surface area contributed by atoms with Gasteiger partial charge in [-0.2, -0.15) is 5.10 Å². The fourth-order valence-corrected chi connectivity index (χ4v) is 4.42. The summed E-state index contributed by atoms with van der Waals surface area (Å²) in [6.45, 7) is 2.51. The highest BCUT2D eigenvalue weighted by atomic mass is 32.1. The minimum Gasteiger partial charge on any atom is -0.504 e. The predicted octanol–water partition coefficient (Wildman–Crippen LogP) is 4.93. The maximum atomic E-state index is 9.93. The van der Waals surface area contributed by atoms with Crippen LogP contribution in [-0.2, 0) is 0 Å². The molecular weight excluding hydrogens is 428 g/mol. The van der Waals surface area contributed by atoms with Crippen molar-refractivity contribution in [1.29, 1.82) is 0 Å². The van der Waals surface area contributed by atoms with E-state index in [1.54, 1.807) is 31.5 Å². The maximum absolute atomic E-state index is 9.93. The highest BCUT2D eigenvalue weighted by Crippen LogP contribution is 2.47. The van der Waals surface area contributed by atoms with Crippen LogP contribution in [0.15, 0.2) is 53.9 Å². The highest BCUT2D eigenvalue weighted by molar-refractivity contribution is 7.23. The number of aromatic hydroxyl groups is 1. The average molecular weight is 451 g/mol. The number of ether oxygens (including phenoxy) is 3. The van der Waals surface area contributed by atoms with Crippen LogP contribution in [0.3, 0.4) is 0 Å². The van der Waals surface area contributed by atoms with Crippen molar-refractivity contribution < 1.29 is 19.3 Å². The van der Waals surface area contributed by atoms with Gasteiger partial charge in [0.05, 0.1) is 31.9 Å². The zero-order valence-corrected chi connectivity index (χ0v) is 18.6. The lowest BCUT2D eigenvalue weighted by molar-refractivity contribution is 0.341. The minimum atomic E-state index is 0.0430. The molecule has 32 heavy (non-hydrogen) atoms. The van der Waals surface area contributed by atoms with E-state index in [0.29, 0.717) is 35.0 Å². The number of hydrogen-bond donors (Lipinski definition) is 2. The molecule has 0 fully saturated rings. The van der Waals surface area contributed by atoms with E-state index in [-0.39, 0.29) is 5.75 Å². The van der Waals surface area contributed by atoms with Gasteiger partial charge in [-0.1, -0.05) is 12.1 Å². The van der Waals surface area contributed by atoms with Crippen LogP contribution in [0.5, 0.6) is 23.0 Å². The zero-order valence-electron chi connectivity index (χ0n) is 17.8. The van der Waals surface area contributed by atoms with Crippen molar-refractivity contribution in [2.24, 2.45) is 5.10 Å². The van der Waals surface area contributed by atoms with E-state index in [1.807, 2.05) is 31.2 Å². The number of aromatic nitrogens is 2. The van der Waals surface area contributed by atoms with E-state index >= 15 is 0 Å². The molecule has 0 aliphatic carbocycles. The van der Waals surface area contributed by atoms with Gasteiger partial charge in [-0.05, 0) is 42.8 Å². The topological polar surface area (TPSA) is 98.1 Å². The fraction of sp³-hybridized carbons (Fsp3) is 0.174. The summed E-state index contributed by atoms with van der Waals surface area (Å²) in [7, 11) is 3.12. The molecule has 0 saturated heterocycles. The first-order chi connectivity index (χ1) is 15.7. The summed E-state index contributed by atoms with van der Waals surface area (Å²) in [5.41, 5.74) is 5.29. The molecule has 8 nitrogen and oxygen atoms in total. The van der Waals surface area contributed by atoms with Gasteiger partial charge in [0.2, 0.25) is 0 Å². The SMILES string of the molecule is CCOc1ccccc1-c1sc2c(NN=Cc3ccc(OC)c(O)c3)ncnc2c1OC. The quantitative estimate of drug-likeness (QED) is 0.290. The summed E-state index contributed by atoms with van der Waals surface area (Å²) < 4.78 is 17.4. The minimum absolute atomic E-state index is 0.0430. The summed E-state index contributed by atoms with van der Waals surface area (Å²) in [6.07, 6.45) is 3.05. The number of nitrogens with one attached hydrogen (secondary N) is 1. The standard InChI is InChI=1S/C23H22N4O4S/c1-4-31-17-8-6-5-7-15(17)21-20(30-3)19-22(32-21)23(25-13-24-19)27-26-12-14-9-10-18(29-2)16(28)11-14/h5-13,28H,4H2,1-3H3,(H,24,25,27). The fourth-order valence-electron chi connectivity index (χ4n) is 3.23. The van der Waals surface area contributed by atoms with E-state index in [0.717, 1.165) is 20.9 Å². The molecule has 0 saturated carbocycles. The van der Waals surface area contributed by atoms with Crippen LogP contribution in [0.2, 0.25) is 0 Å². The first kappa shape index (κ1) is 21.4. The van der Waals surface area contributed by atoms with E-state index in [4.69, 9.17) is 14.2 Å². The average Bonchev–Trinajstić information content (AvgIpc) is 3.19. The van der Waals surface area contributed by atoms with Gasteiger partial charge >= 0.3 is 0 Å². The Morgan fingerprint density at radius 1 is 1.09 bits per heavy atom. The summed E-state index contributed by atoms with van der Waals surface area (Å²) >= 11 is 1.50. The molecule has 2 heterocycles. The summed E-state index contributed by atoms with van der Waals surface area (Å²) in [6, 6.07) is 12.8. The number of methoxy groups -OCH3 is 2. The van der Waals surface area contributed by atoms with Crippen molar-refractivity contribution in [3.05, 3.63) is 54.4 Å². The Bertz CT molecular complexity index is 1270. The Balaban J connectivity index is 1.69. The monoisotopic (exact) mass is 450 g/mol. The molecule has 0 spiro atoms. The number of para-hydroxylation sites is 1. The molecule has 2 N–H and O–H groups in total.